The van der Waals surface area contributed by atoms with E-state index in [4.69, 9.17) is 9.47 Å². The van der Waals surface area contributed by atoms with Crippen LogP contribution in [0, 0.1) is 5.92 Å². The van der Waals surface area contributed by atoms with Crippen LogP contribution < -0.4 is 19.5 Å². The van der Waals surface area contributed by atoms with Crippen LogP contribution in [0.2, 0.25) is 0 Å². The van der Waals surface area contributed by atoms with Crippen molar-refractivity contribution in [2.75, 3.05) is 14.2 Å². The van der Waals surface area contributed by atoms with Gasteiger partial charge in [0.05, 0.1) is 19.1 Å². The summed E-state index contributed by atoms with van der Waals surface area (Å²) in [7, 11) is -0.803. The summed E-state index contributed by atoms with van der Waals surface area (Å²) >= 11 is 0. The number of nitrogens with one attached hydrogen (secondary N) is 2. The van der Waals surface area contributed by atoms with Gasteiger partial charge < -0.3 is 14.8 Å². The molecule has 0 spiro atoms. The zero-order valence-electron chi connectivity index (χ0n) is 18.6. The third-order valence-electron chi connectivity index (χ3n) is 5.18. The summed E-state index contributed by atoms with van der Waals surface area (Å²) in [6, 6.07) is 16.8. The first-order chi connectivity index (χ1) is 15.2. The molecule has 0 aromatic heterocycles. The van der Waals surface area contributed by atoms with Crippen LogP contribution in [0.1, 0.15) is 19.4 Å². The second-order valence-corrected chi connectivity index (χ2v) is 9.47. The second kappa shape index (κ2) is 10.0. The normalized spacial score (nSPS) is 12.5. The lowest BCUT2D eigenvalue weighted by Gasteiger charge is -2.22. The van der Waals surface area contributed by atoms with Crippen molar-refractivity contribution in [1.29, 1.82) is 0 Å². The number of hydrogen-bond donors (Lipinski definition) is 2. The minimum atomic E-state index is -3.89. The number of carbonyl (C=O) groups is 1. The van der Waals surface area contributed by atoms with Crippen molar-refractivity contribution in [3.05, 3.63) is 66.2 Å². The first kappa shape index (κ1) is 23.6. The highest BCUT2D eigenvalue weighted by atomic mass is 32.2. The van der Waals surface area contributed by atoms with Crippen LogP contribution in [0.3, 0.4) is 0 Å². The molecular formula is C24H28N2O5S. The molecule has 3 aromatic rings. The largest absolute Gasteiger partial charge is 0.493 e. The highest BCUT2D eigenvalue weighted by Gasteiger charge is 2.28. The Balaban J connectivity index is 1.74. The molecule has 0 saturated carbocycles. The van der Waals surface area contributed by atoms with E-state index >= 15 is 0 Å². The lowest BCUT2D eigenvalue weighted by Crippen LogP contribution is -2.49. The molecule has 170 valence electrons. The third kappa shape index (κ3) is 5.38. The summed E-state index contributed by atoms with van der Waals surface area (Å²) < 4.78 is 39.1. The van der Waals surface area contributed by atoms with Gasteiger partial charge in [-0.15, -0.1) is 0 Å². The highest BCUT2D eigenvalue weighted by Crippen LogP contribution is 2.27. The Kier molecular flexibility index (Phi) is 7.37. The zero-order valence-corrected chi connectivity index (χ0v) is 19.4. The number of ether oxygens (including phenoxy) is 2. The number of rotatable bonds is 9. The summed E-state index contributed by atoms with van der Waals surface area (Å²) in [6.45, 7) is 3.81. The number of fused-ring (bicyclic) bond motifs is 1. The highest BCUT2D eigenvalue weighted by molar-refractivity contribution is 7.89. The van der Waals surface area contributed by atoms with Crippen LogP contribution in [-0.4, -0.2) is 34.6 Å². The standard InChI is InChI=1S/C24H28N2O5S/c1-16(2)23(24(27)25-15-17-9-12-21(30-3)22(13-17)31-4)26-32(28,29)20-11-10-18-7-5-6-8-19(18)14-20/h5-14,16,23,26H,15H2,1-4H3,(H,25,27). The van der Waals surface area contributed by atoms with E-state index in [1.165, 1.54) is 7.11 Å². The summed E-state index contributed by atoms with van der Waals surface area (Å²) in [5, 5.41) is 4.57. The summed E-state index contributed by atoms with van der Waals surface area (Å²) in [6.07, 6.45) is 0. The minimum Gasteiger partial charge on any atom is -0.493 e. The molecular weight excluding hydrogens is 428 g/mol. The molecule has 0 bridgehead atoms. The van der Waals surface area contributed by atoms with Crippen LogP contribution >= 0.6 is 0 Å². The molecule has 3 aromatic carbocycles. The first-order valence-electron chi connectivity index (χ1n) is 10.2. The molecule has 0 fully saturated rings. The van der Waals surface area contributed by atoms with Gasteiger partial charge in [0, 0.05) is 6.54 Å². The predicted molar refractivity (Wildman–Crippen MR) is 124 cm³/mol. The SMILES string of the molecule is COc1ccc(CNC(=O)C(NS(=O)(=O)c2ccc3ccccc3c2)C(C)C)cc1OC. The van der Waals surface area contributed by atoms with Crippen LogP contribution in [0.5, 0.6) is 11.5 Å². The fourth-order valence-electron chi connectivity index (χ4n) is 3.35. The van der Waals surface area contributed by atoms with Gasteiger partial charge in [0.2, 0.25) is 15.9 Å². The quantitative estimate of drug-likeness (QED) is 0.514. The monoisotopic (exact) mass is 456 g/mol. The topological polar surface area (TPSA) is 93.7 Å². The molecule has 0 aliphatic rings. The van der Waals surface area contributed by atoms with E-state index in [0.29, 0.717) is 11.5 Å². The van der Waals surface area contributed by atoms with Crippen molar-refractivity contribution in [2.24, 2.45) is 5.92 Å². The van der Waals surface area contributed by atoms with Crippen molar-refractivity contribution in [3.63, 3.8) is 0 Å². The Morgan fingerprint density at radius 3 is 2.25 bits per heavy atom. The van der Waals surface area contributed by atoms with Gasteiger partial charge >= 0.3 is 0 Å². The average Bonchev–Trinajstić information content (AvgIpc) is 2.80. The molecule has 1 amide bonds. The zero-order chi connectivity index (χ0) is 23.3. The summed E-state index contributed by atoms with van der Waals surface area (Å²) in [4.78, 5) is 13.0. The smallest absolute Gasteiger partial charge is 0.241 e. The number of carbonyl (C=O) groups excluding carboxylic acids is 1. The summed E-state index contributed by atoms with van der Waals surface area (Å²) in [5.74, 6) is 0.484. The number of sulfonamides is 1. The van der Waals surface area contributed by atoms with Crippen molar-refractivity contribution in [3.8, 4) is 11.5 Å². The van der Waals surface area contributed by atoms with Gasteiger partial charge in [-0.25, -0.2) is 8.42 Å². The third-order valence-corrected chi connectivity index (χ3v) is 6.62. The molecule has 0 aliphatic heterocycles. The van der Waals surface area contributed by atoms with E-state index < -0.39 is 22.0 Å². The van der Waals surface area contributed by atoms with E-state index in [1.807, 2.05) is 30.3 Å². The Bertz CT molecular complexity index is 1210. The van der Waals surface area contributed by atoms with E-state index in [0.717, 1.165) is 16.3 Å². The van der Waals surface area contributed by atoms with E-state index in [9.17, 15) is 13.2 Å². The van der Waals surface area contributed by atoms with Gasteiger partial charge in [-0.2, -0.15) is 4.72 Å². The summed E-state index contributed by atoms with van der Waals surface area (Å²) in [5.41, 5.74) is 0.802. The Morgan fingerprint density at radius 1 is 0.906 bits per heavy atom. The van der Waals surface area contributed by atoms with Crippen LogP contribution in [0.4, 0.5) is 0 Å². The van der Waals surface area contributed by atoms with E-state index in [1.54, 1.807) is 51.3 Å². The van der Waals surface area contributed by atoms with Crippen molar-refractivity contribution in [2.45, 2.75) is 31.3 Å². The molecule has 0 heterocycles. The molecule has 8 heteroatoms. The number of amides is 1. The van der Waals surface area contributed by atoms with E-state index in [2.05, 4.69) is 10.0 Å². The molecule has 32 heavy (non-hydrogen) atoms. The van der Waals surface area contributed by atoms with Gasteiger partial charge in [-0.3, -0.25) is 4.79 Å². The van der Waals surface area contributed by atoms with Gasteiger partial charge in [0.25, 0.3) is 0 Å². The Labute approximate surface area is 188 Å². The number of benzene rings is 3. The van der Waals surface area contributed by atoms with Gasteiger partial charge in [-0.05, 0) is 46.5 Å². The van der Waals surface area contributed by atoms with Crippen molar-refractivity contribution in [1.82, 2.24) is 10.0 Å². The van der Waals surface area contributed by atoms with E-state index in [-0.39, 0.29) is 17.4 Å². The van der Waals surface area contributed by atoms with Crippen LogP contribution in [-0.2, 0) is 21.4 Å². The molecule has 1 atom stereocenters. The van der Waals surface area contributed by atoms with Crippen molar-refractivity contribution >= 4 is 26.7 Å². The lowest BCUT2D eigenvalue weighted by molar-refractivity contribution is -0.123. The van der Waals surface area contributed by atoms with Crippen molar-refractivity contribution < 1.29 is 22.7 Å². The average molecular weight is 457 g/mol. The minimum absolute atomic E-state index is 0.120. The molecule has 1 unspecified atom stereocenters. The lowest BCUT2D eigenvalue weighted by atomic mass is 10.0. The van der Waals surface area contributed by atoms with Crippen LogP contribution in [0.15, 0.2) is 65.6 Å². The first-order valence-corrected chi connectivity index (χ1v) is 11.7. The molecule has 7 nitrogen and oxygen atoms in total. The molecule has 3 rings (SSSR count). The second-order valence-electron chi connectivity index (χ2n) is 7.76. The van der Waals surface area contributed by atoms with Gasteiger partial charge in [0.1, 0.15) is 6.04 Å². The maximum Gasteiger partial charge on any atom is 0.241 e. The fourth-order valence-corrected chi connectivity index (χ4v) is 4.73. The molecule has 0 aliphatic carbocycles. The number of methoxy groups -OCH3 is 2. The Hall–Kier alpha value is -3.10. The van der Waals surface area contributed by atoms with Gasteiger partial charge in [-0.1, -0.05) is 50.2 Å². The predicted octanol–water partition coefficient (Wildman–Crippen LogP) is 3.48. The Morgan fingerprint density at radius 2 is 1.59 bits per heavy atom. The maximum absolute atomic E-state index is 13.0. The van der Waals surface area contributed by atoms with Crippen LogP contribution in [0.25, 0.3) is 10.8 Å². The maximum atomic E-state index is 13.0. The number of hydrogen-bond acceptors (Lipinski definition) is 5. The molecule has 2 N–H and O–H groups in total. The molecule has 0 saturated heterocycles. The fraction of sp³-hybridized carbons (Fsp3) is 0.292. The van der Waals surface area contributed by atoms with Gasteiger partial charge in [0.15, 0.2) is 11.5 Å². The molecule has 0 radical (unpaired) electrons.